The summed E-state index contributed by atoms with van der Waals surface area (Å²) in [6, 6.07) is 18.7. The highest BCUT2D eigenvalue weighted by Crippen LogP contribution is 2.41. The lowest BCUT2D eigenvalue weighted by molar-refractivity contribution is 0.105. The number of aromatic nitrogens is 1. The highest BCUT2D eigenvalue weighted by molar-refractivity contribution is 7.86. The number of fused-ring (bicyclic) bond motifs is 2. The molecule has 2 atom stereocenters. The molecular weight excluding hydrogens is 426 g/mol. The van der Waals surface area contributed by atoms with Crippen molar-refractivity contribution in [2.24, 2.45) is 0 Å². The summed E-state index contributed by atoms with van der Waals surface area (Å²) < 4.78 is 38.0. The zero-order valence-electron chi connectivity index (χ0n) is 17.8. The molecule has 0 saturated carbocycles. The molecule has 2 aromatic carbocycles. The van der Waals surface area contributed by atoms with Gasteiger partial charge in [0, 0.05) is 31.6 Å². The number of nitrogens with one attached hydrogen (secondary N) is 1. The van der Waals surface area contributed by atoms with Crippen molar-refractivity contribution in [1.29, 1.82) is 0 Å². The third-order valence-electron chi connectivity index (χ3n) is 5.96. The number of pyridine rings is 1. The molecule has 2 bridgehead atoms. The van der Waals surface area contributed by atoms with Crippen LogP contribution in [0, 0.1) is 6.92 Å². The number of rotatable bonds is 7. The van der Waals surface area contributed by atoms with Crippen molar-refractivity contribution >= 4 is 15.8 Å². The number of anilines is 1. The predicted octanol–water partition coefficient (Wildman–Crippen LogP) is 3.25. The topological polar surface area (TPSA) is 80.8 Å². The number of hydrogen-bond acceptors (Lipinski definition) is 7. The first kappa shape index (κ1) is 20.9. The van der Waals surface area contributed by atoms with Crippen molar-refractivity contribution < 1.29 is 17.3 Å². The molecule has 2 saturated heterocycles. The van der Waals surface area contributed by atoms with Gasteiger partial charge in [0.05, 0.1) is 23.0 Å². The molecule has 0 unspecified atom stereocenters. The van der Waals surface area contributed by atoms with E-state index in [1.165, 1.54) is 0 Å². The largest absolute Gasteiger partial charge is 0.487 e. The Hall–Kier alpha value is -2.94. The van der Waals surface area contributed by atoms with Crippen LogP contribution in [0.1, 0.15) is 17.5 Å². The third-order valence-corrected chi connectivity index (χ3v) is 7.34. The Morgan fingerprint density at radius 1 is 1.12 bits per heavy atom. The van der Waals surface area contributed by atoms with Crippen LogP contribution in [0.15, 0.2) is 78.0 Å². The SMILES string of the molecule is Cc1ccc(S(=O)(=O)O[C@@]23CN[C@H](CN2c2cncc(OCc4ccccc4)c2)C3)cc1. The molecule has 3 heterocycles. The lowest BCUT2D eigenvalue weighted by Crippen LogP contribution is -2.55. The van der Waals surface area contributed by atoms with Crippen molar-refractivity contribution in [3.63, 3.8) is 0 Å². The maximum absolute atomic E-state index is 13.1. The van der Waals surface area contributed by atoms with Crippen LogP contribution in [0.25, 0.3) is 0 Å². The minimum atomic E-state index is -3.93. The van der Waals surface area contributed by atoms with E-state index in [1.54, 1.807) is 36.7 Å². The summed E-state index contributed by atoms with van der Waals surface area (Å²) in [5, 5.41) is 3.36. The lowest BCUT2D eigenvalue weighted by Gasteiger charge is -2.39. The number of ether oxygens (including phenoxy) is 1. The van der Waals surface area contributed by atoms with Gasteiger partial charge in [-0.1, -0.05) is 48.0 Å². The summed E-state index contributed by atoms with van der Waals surface area (Å²) in [6.07, 6.45) is 3.96. The number of hydrogen-bond donors (Lipinski definition) is 1. The Morgan fingerprint density at radius 3 is 2.66 bits per heavy atom. The predicted molar refractivity (Wildman–Crippen MR) is 121 cm³/mol. The second-order valence-electron chi connectivity index (χ2n) is 8.34. The van der Waals surface area contributed by atoms with Crippen LogP contribution in [0.4, 0.5) is 5.69 Å². The molecule has 3 aromatic rings. The molecule has 1 aromatic heterocycles. The monoisotopic (exact) mass is 451 g/mol. The van der Waals surface area contributed by atoms with Crippen molar-refractivity contribution in [1.82, 2.24) is 10.3 Å². The van der Waals surface area contributed by atoms with Gasteiger partial charge in [0.1, 0.15) is 12.4 Å². The molecule has 8 heteroatoms. The Kier molecular flexibility index (Phi) is 5.36. The van der Waals surface area contributed by atoms with E-state index in [9.17, 15) is 8.42 Å². The van der Waals surface area contributed by atoms with Gasteiger partial charge in [-0.15, -0.1) is 0 Å². The summed E-state index contributed by atoms with van der Waals surface area (Å²) in [4.78, 5) is 6.48. The number of aryl methyl sites for hydroxylation is 1. The van der Waals surface area contributed by atoms with E-state index in [-0.39, 0.29) is 10.9 Å². The summed E-state index contributed by atoms with van der Waals surface area (Å²) in [6.45, 7) is 3.39. The van der Waals surface area contributed by atoms with Gasteiger partial charge < -0.3 is 15.0 Å². The fourth-order valence-corrected chi connectivity index (χ4v) is 5.53. The van der Waals surface area contributed by atoms with Crippen molar-refractivity contribution in [2.75, 3.05) is 18.0 Å². The van der Waals surface area contributed by atoms with Crippen molar-refractivity contribution in [3.05, 3.63) is 84.2 Å². The maximum Gasteiger partial charge on any atom is 0.299 e. The Labute approximate surface area is 188 Å². The van der Waals surface area contributed by atoms with Crippen LogP contribution >= 0.6 is 0 Å². The second-order valence-corrected chi connectivity index (χ2v) is 9.89. The van der Waals surface area contributed by atoms with Crippen molar-refractivity contribution in [3.8, 4) is 5.75 Å². The Morgan fingerprint density at radius 2 is 1.91 bits per heavy atom. The van der Waals surface area contributed by atoms with Crippen LogP contribution in [-0.4, -0.2) is 38.3 Å². The second kappa shape index (κ2) is 8.20. The van der Waals surface area contributed by atoms with E-state index < -0.39 is 15.8 Å². The Balaban J connectivity index is 1.38. The Bertz CT molecular complexity index is 1200. The van der Waals surface area contributed by atoms with Crippen molar-refractivity contribution in [2.45, 2.75) is 36.6 Å². The first-order valence-corrected chi connectivity index (χ1v) is 12.0. The van der Waals surface area contributed by atoms with Gasteiger partial charge in [0.25, 0.3) is 10.1 Å². The average Bonchev–Trinajstić information content (AvgIpc) is 3.36. The van der Waals surface area contributed by atoms with E-state index in [1.807, 2.05) is 48.2 Å². The molecule has 0 aliphatic carbocycles. The standard InChI is InChI=1S/C24H25N3O4S/c1-18-7-9-23(10-8-18)32(28,29)31-24-12-20(26-17-24)15-27(24)21-11-22(14-25-13-21)30-16-19-5-3-2-4-6-19/h2-11,13-14,20,26H,12,15-17H2,1H3/t20-,24-/m0/s1. The van der Waals surface area contributed by atoms with E-state index in [2.05, 4.69) is 10.3 Å². The van der Waals surface area contributed by atoms with E-state index >= 15 is 0 Å². The summed E-state index contributed by atoms with van der Waals surface area (Å²) in [7, 11) is -3.93. The van der Waals surface area contributed by atoms with Gasteiger partial charge in [0.15, 0.2) is 5.72 Å². The van der Waals surface area contributed by atoms with Gasteiger partial charge >= 0.3 is 0 Å². The van der Waals surface area contributed by atoms with Crippen LogP contribution in [-0.2, 0) is 20.9 Å². The van der Waals surface area contributed by atoms with Gasteiger partial charge in [-0.2, -0.15) is 8.42 Å². The zero-order valence-corrected chi connectivity index (χ0v) is 18.6. The third kappa shape index (κ3) is 4.09. The van der Waals surface area contributed by atoms with Crippen LogP contribution < -0.4 is 15.0 Å². The fraction of sp³-hybridized carbons (Fsp3) is 0.292. The molecule has 7 nitrogen and oxygen atoms in total. The highest BCUT2D eigenvalue weighted by Gasteiger charge is 2.54. The summed E-state index contributed by atoms with van der Waals surface area (Å²) in [5.74, 6) is 0.624. The number of piperazine rings is 1. The maximum atomic E-state index is 13.1. The molecule has 2 aliphatic rings. The number of benzene rings is 2. The molecule has 166 valence electrons. The first-order valence-electron chi connectivity index (χ1n) is 10.6. The van der Waals surface area contributed by atoms with E-state index in [0.717, 1.165) is 16.8 Å². The minimum absolute atomic E-state index is 0.150. The highest BCUT2D eigenvalue weighted by atomic mass is 32.2. The smallest absolute Gasteiger partial charge is 0.299 e. The van der Waals surface area contributed by atoms with Crippen LogP contribution in [0.5, 0.6) is 5.75 Å². The molecule has 0 radical (unpaired) electrons. The van der Waals surface area contributed by atoms with Crippen LogP contribution in [0.3, 0.4) is 0 Å². The quantitative estimate of drug-likeness (QED) is 0.552. The van der Waals surface area contributed by atoms with E-state index in [4.69, 9.17) is 8.92 Å². The van der Waals surface area contributed by atoms with Gasteiger partial charge in [-0.25, -0.2) is 4.18 Å². The first-order chi connectivity index (χ1) is 15.4. The summed E-state index contributed by atoms with van der Waals surface area (Å²) >= 11 is 0. The van der Waals surface area contributed by atoms with Gasteiger partial charge in [-0.3, -0.25) is 4.98 Å². The average molecular weight is 452 g/mol. The van der Waals surface area contributed by atoms with Crippen LogP contribution in [0.2, 0.25) is 0 Å². The molecule has 0 amide bonds. The minimum Gasteiger partial charge on any atom is -0.487 e. The molecular formula is C24H25N3O4S. The molecule has 32 heavy (non-hydrogen) atoms. The molecule has 0 spiro atoms. The molecule has 2 fully saturated rings. The van der Waals surface area contributed by atoms with E-state index in [0.29, 0.717) is 31.9 Å². The number of nitrogens with zero attached hydrogens (tertiary/aromatic N) is 2. The molecule has 5 rings (SSSR count). The molecule has 2 aliphatic heterocycles. The molecule has 1 N–H and O–H groups in total. The normalized spacial score (nSPS) is 22.3. The zero-order chi connectivity index (χ0) is 22.2. The lowest BCUT2D eigenvalue weighted by atomic mass is 10.2. The van der Waals surface area contributed by atoms with Gasteiger partial charge in [0.2, 0.25) is 0 Å². The van der Waals surface area contributed by atoms with Gasteiger partial charge in [-0.05, 0) is 24.6 Å². The summed E-state index contributed by atoms with van der Waals surface area (Å²) in [5.41, 5.74) is 1.84. The fourth-order valence-electron chi connectivity index (χ4n) is 4.34.